The maximum Gasteiger partial charge on any atom is 0.263 e. The van der Waals surface area contributed by atoms with E-state index in [2.05, 4.69) is 4.98 Å². The van der Waals surface area contributed by atoms with Gasteiger partial charge in [-0.05, 0) is 11.1 Å². The van der Waals surface area contributed by atoms with Crippen molar-refractivity contribution in [2.24, 2.45) is 5.92 Å². The maximum absolute atomic E-state index is 13.5. The molecule has 2 aliphatic rings. The lowest BCUT2D eigenvalue weighted by atomic mass is 9.71. The van der Waals surface area contributed by atoms with Gasteiger partial charge in [0.1, 0.15) is 17.5 Å². The van der Waals surface area contributed by atoms with E-state index in [1.807, 2.05) is 0 Å². The number of pyridine rings is 1. The van der Waals surface area contributed by atoms with Crippen LogP contribution in [0.2, 0.25) is 5.02 Å². The van der Waals surface area contributed by atoms with Gasteiger partial charge >= 0.3 is 0 Å². The summed E-state index contributed by atoms with van der Waals surface area (Å²) < 4.78 is 33.2. The standard InChI is InChI=1S/C26H23ClF2N2O4/c1-31(2)24(33)19-20(14-6-4-3-5-7-14)26(16-10-8-15(9-11-16)23(28)29)25(34,22(19)32)21-18(35-26)12-17(27)13-30-21/h3-13,19-20,22-23,32,34H,1-2H3/t19-,20-,22-,25+,26+/m1/s1. The van der Waals surface area contributed by atoms with Crippen LogP contribution < -0.4 is 4.74 Å². The Kier molecular flexibility index (Phi) is 5.58. The summed E-state index contributed by atoms with van der Waals surface area (Å²) in [5.74, 6) is -2.30. The van der Waals surface area contributed by atoms with Crippen LogP contribution in [-0.2, 0) is 16.0 Å². The summed E-state index contributed by atoms with van der Waals surface area (Å²) in [5.41, 5.74) is -3.18. The van der Waals surface area contributed by atoms with E-state index >= 15 is 0 Å². The molecule has 2 N–H and O–H groups in total. The molecule has 9 heteroatoms. The van der Waals surface area contributed by atoms with Crippen molar-refractivity contribution in [3.8, 4) is 5.75 Å². The maximum atomic E-state index is 13.5. The normalized spacial score (nSPS) is 29.0. The molecule has 35 heavy (non-hydrogen) atoms. The number of alkyl halides is 2. The molecule has 5 rings (SSSR count). The minimum atomic E-state index is -2.69. The lowest BCUT2D eigenvalue weighted by Crippen LogP contribution is -2.52. The summed E-state index contributed by atoms with van der Waals surface area (Å²) in [6.07, 6.45) is -3.00. The Labute approximate surface area is 205 Å². The zero-order valence-electron chi connectivity index (χ0n) is 18.9. The molecule has 0 saturated heterocycles. The van der Waals surface area contributed by atoms with Gasteiger partial charge in [-0.25, -0.2) is 8.78 Å². The number of aromatic nitrogens is 1. The first-order valence-electron chi connectivity index (χ1n) is 11.0. The van der Waals surface area contributed by atoms with Gasteiger partial charge in [0.25, 0.3) is 6.43 Å². The molecule has 1 amide bonds. The first kappa shape index (κ1) is 23.7. The first-order chi connectivity index (χ1) is 16.6. The molecule has 1 aliphatic heterocycles. The van der Waals surface area contributed by atoms with Gasteiger partial charge in [0.15, 0.2) is 11.2 Å². The number of benzene rings is 2. The highest BCUT2D eigenvalue weighted by molar-refractivity contribution is 6.30. The van der Waals surface area contributed by atoms with E-state index in [0.29, 0.717) is 11.1 Å². The predicted octanol–water partition coefficient (Wildman–Crippen LogP) is 4.01. The van der Waals surface area contributed by atoms with E-state index < -0.39 is 41.5 Å². The Hall–Kier alpha value is -3.07. The van der Waals surface area contributed by atoms with Crippen LogP contribution in [0.4, 0.5) is 8.78 Å². The number of aliphatic hydroxyl groups excluding tert-OH is 1. The van der Waals surface area contributed by atoms with E-state index in [0.717, 1.165) is 0 Å². The Morgan fingerprint density at radius 2 is 1.80 bits per heavy atom. The molecule has 1 saturated carbocycles. The Morgan fingerprint density at radius 1 is 1.14 bits per heavy atom. The molecule has 0 spiro atoms. The van der Waals surface area contributed by atoms with Crippen LogP contribution in [0.5, 0.6) is 5.75 Å². The van der Waals surface area contributed by atoms with E-state index in [1.54, 1.807) is 44.4 Å². The number of ether oxygens (including phenoxy) is 1. The molecular formula is C26H23ClF2N2O4. The van der Waals surface area contributed by atoms with Gasteiger partial charge in [0, 0.05) is 37.8 Å². The van der Waals surface area contributed by atoms with Gasteiger partial charge in [0.2, 0.25) is 5.91 Å². The third kappa shape index (κ3) is 3.20. The van der Waals surface area contributed by atoms with Gasteiger partial charge in [-0.2, -0.15) is 0 Å². The summed E-state index contributed by atoms with van der Waals surface area (Å²) in [5, 5.41) is 24.3. The van der Waals surface area contributed by atoms with Gasteiger partial charge in [-0.3, -0.25) is 9.78 Å². The number of hydrogen-bond acceptors (Lipinski definition) is 5. The Balaban J connectivity index is 1.84. The van der Waals surface area contributed by atoms with Gasteiger partial charge in [-0.1, -0.05) is 66.2 Å². The largest absolute Gasteiger partial charge is 0.476 e. The quantitative estimate of drug-likeness (QED) is 0.565. The minimum Gasteiger partial charge on any atom is -0.476 e. The van der Waals surface area contributed by atoms with Crippen molar-refractivity contribution in [1.29, 1.82) is 0 Å². The number of amides is 1. The number of aliphatic hydroxyl groups is 2. The highest BCUT2D eigenvalue weighted by Crippen LogP contribution is 2.68. The van der Waals surface area contributed by atoms with Crippen molar-refractivity contribution in [2.75, 3.05) is 14.1 Å². The molecule has 1 aromatic heterocycles. The molecule has 5 atom stereocenters. The van der Waals surface area contributed by atoms with Crippen LogP contribution >= 0.6 is 11.6 Å². The monoisotopic (exact) mass is 500 g/mol. The highest BCUT2D eigenvalue weighted by atomic mass is 35.5. The highest BCUT2D eigenvalue weighted by Gasteiger charge is 2.78. The van der Waals surface area contributed by atoms with Crippen LogP contribution in [0.25, 0.3) is 0 Å². The van der Waals surface area contributed by atoms with Crippen molar-refractivity contribution in [3.05, 3.63) is 94.3 Å². The molecule has 0 bridgehead atoms. The average molecular weight is 501 g/mol. The molecule has 0 unspecified atom stereocenters. The van der Waals surface area contributed by atoms with E-state index in [9.17, 15) is 23.8 Å². The zero-order chi connectivity index (χ0) is 25.1. The van der Waals surface area contributed by atoms with Gasteiger partial charge in [-0.15, -0.1) is 0 Å². The number of rotatable bonds is 4. The summed E-state index contributed by atoms with van der Waals surface area (Å²) in [6.45, 7) is 0. The summed E-state index contributed by atoms with van der Waals surface area (Å²) in [6, 6.07) is 15.8. The second-order valence-corrected chi connectivity index (χ2v) is 9.56. The minimum absolute atomic E-state index is 0.0299. The van der Waals surface area contributed by atoms with Crippen LogP contribution in [0.15, 0.2) is 66.9 Å². The first-order valence-corrected chi connectivity index (χ1v) is 11.4. The zero-order valence-corrected chi connectivity index (χ0v) is 19.7. The molecule has 1 aliphatic carbocycles. The molecule has 1 fully saturated rings. The molecule has 0 radical (unpaired) electrons. The number of hydrogen-bond donors (Lipinski definition) is 2. The van der Waals surface area contributed by atoms with Crippen LogP contribution in [0, 0.1) is 5.92 Å². The van der Waals surface area contributed by atoms with Crippen molar-refractivity contribution in [3.63, 3.8) is 0 Å². The lowest BCUT2D eigenvalue weighted by molar-refractivity contribution is -0.157. The van der Waals surface area contributed by atoms with E-state index in [1.165, 1.54) is 41.4 Å². The molecule has 6 nitrogen and oxygen atoms in total. The predicted molar refractivity (Wildman–Crippen MR) is 124 cm³/mol. The fourth-order valence-corrected chi connectivity index (χ4v) is 5.73. The molecule has 182 valence electrons. The SMILES string of the molecule is CN(C)C(=O)[C@H]1[C@@H](O)[C@@]2(O)c3ncc(Cl)cc3O[C@@]2(c2ccc(C(F)F)cc2)[C@@H]1c1ccccc1. The summed E-state index contributed by atoms with van der Waals surface area (Å²) in [4.78, 5) is 19.1. The molecule has 3 aromatic rings. The number of nitrogens with zero attached hydrogens (tertiary/aromatic N) is 2. The fourth-order valence-electron chi connectivity index (χ4n) is 5.58. The van der Waals surface area contributed by atoms with Crippen molar-refractivity contribution >= 4 is 17.5 Å². The van der Waals surface area contributed by atoms with Crippen LogP contribution in [-0.4, -0.2) is 46.2 Å². The fraction of sp³-hybridized carbons (Fsp3) is 0.308. The van der Waals surface area contributed by atoms with Crippen molar-refractivity contribution < 1.29 is 28.5 Å². The van der Waals surface area contributed by atoms with Crippen molar-refractivity contribution in [2.45, 2.75) is 29.6 Å². The summed E-state index contributed by atoms with van der Waals surface area (Å²) >= 11 is 6.15. The van der Waals surface area contributed by atoms with E-state index in [4.69, 9.17) is 16.3 Å². The smallest absolute Gasteiger partial charge is 0.263 e. The Morgan fingerprint density at radius 3 is 2.40 bits per heavy atom. The topological polar surface area (TPSA) is 82.9 Å². The molecule has 2 aromatic carbocycles. The molecular weight excluding hydrogens is 478 g/mol. The third-order valence-electron chi connectivity index (χ3n) is 7.06. The van der Waals surface area contributed by atoms with Crippen molar-refractivity contribution in [1.82, 2.24) is 9.88 Å². The average Bonchev–Trinajstić information content (AvgIpc) is 3.21. The number of fused-ring (bicyclic) bond motifs is 3. The Bertz CT molecular complexity index is 1270. The number of halogens is 3. The number of carbonyl (C=O) groups is 1. The second kappa shape index (κ2) is 8.26. The summed E-state index contributed by atoms with van der Waals surface area (Å²) in [7, 11) is 3.12. The third-order valence-corrected chi connectivity index (χ3v) is 7.27. The van der Waals surface area contributed by atoms with Crippen LogP contribution in [0.1, 0.15) is 34.7 Å². The second-order valence-electron chi connectivity index (χ2n) is 9.12. The van der Waals surface area contributed by atoms with E-state index in [-0.39, 0.29) is 22.0 Å². The van der Waals surface area contributed by atoms with Gasteiger partial charge in [0.05, 0.1) is 10.9 Å². The molecule has 2 heterocycles. The lowest BCUT2D eigenvalue weighted by Gasteiger charge is -2.40. The number of carbonyl (C=O) groups excluding carboxylic acids is 1. The van der Waals surface area contributed by atoms with Crippen LogP contribution in [0.3, 0.4) is 0 Å². The van der Waals surface area contributed by atoms with Gasteiger partial charge < -0.3 is 19.8 Å².